The Hall–Kier alpha value is -1.67. The normalized spacial score (nSPS) is 13.8. The third kappa shape index (κ3) is 3.65. The van der Waals surface area contributed by atoms with Crippen LogP contribution in [0.4, 0.5) is 0 Å². The minimum atomic E-state index is -5.02. The van der Waals surface area contributed by atoms with E-state index in [2.05, 4.69) is 0 Å². The van der Waals surface area contributed by atoms with E-state index in [0.29, 0.717) is 0 Å². The van der Waals surface area contributed by atoms with Gasteiger partial charge in [0, 0.05) is 10.6 Å². The van der Waals surface area contributed by atoms with Crippen LogP contribution < -0.4 is 0 Å². The highest BCUT2D eigenvalue weighted by atomic mass is 35.5. The van der Waals surface area contributed by atoms with Gasteiger partial charge in [0.2, 0.25) is 0 Å². The van der Waals surface area contributed by atoms with E-state index in [1.165, 1.54) is 48.5 Å². The zero-order chi connectivity index (χ0) is 21.6. The number of hydrogen-bond acceptors (Lipinski definition) is 4. The lowest BCUT2D eigenvalue weighted by molar-refractivity contribution is 0.455. The van der Waals surface area contributed by atoms with Crippen molar-refractivity contribution in [1.82, 2.24) is 0 Å². The summed E-state index contributed by atoms with van der Waals surface area (Å²) in [5.41, 5.74) is -0.209. The van der Waals surface area contributed by atoms with Crippen molar-refractivity contribution in [2.75, 3.05) is 0 Å². The third-order valence-corrected chi connectivity index (χ3v) is 7.26. The van der Waals surface area contributed by atoms with E-state index in [-0.39, 0.29) is 37.5 Å². The maximum absolute atomic E-state index is 12.9. The number of halogens is 4. The molecular weight excluding hydrogens is 482 g/mol. The molecule has 0 fully saturated rings. The van der Waals surface area contributed by atoms with Gasteiger partial charge in [0.05, 0.1) is 10.0 Å². The smallest absolute Gasteiger partial charge is 0.283 e. The minimum absolute atomic E-state index is 0.0137. The van der Waals surface area contributed by atoms with E-state index < -0.39 is 25.6 Å². The van der Waals surface area contributed by atoms with Crippen molar-refractivity contribution in [3.05, 3.63) is 91.4 Å². The van der Waals surface area contributed by atoms with Gasteiger partial charge in [-0.2, -0.15) is 8.42 Å². The van der Waals surface area contributed by atoms with Gasteiger partial charge >= 0.3 is 0 Å². The van der Waals surface area contributed by atoms with Crippen molar-refractivity contribution in [3.8, 4) is 11.5 Å². The van der Waals surface area contributed by atoms with Crippen LogP contribution in [0.5, 0.6) is 11.5 Å². The molecule has 3 aromatic carbocycles. The highest BCUT2D eigenvalue weighted by Crippen LogP contribution is 2.51. The summed E-state index contributed by atoms with van der Waals surface area (Å²) in [6.07, 6.45) is 0. The molecule has 1 atom stereocenters. The van der Waals surface area contributed by atoms with Gasteiger partial charge in [-0.3, -0.25) is 4.55 Å². The van der Waals surface area contributed by atoms with Crippen molar-refractivity contribution < 1.29 is 23.2 Å². The topological polar surface area (TPSA) is 94.8 Å². The molecule has 3 rings (SSSR count). The summed E-state index contributed by atoms with van der Waals surface area (Å²) < 4.78 is 34.0. The van der Waals surface area contributed by atoms with Gasteiger partial charge < -0.3 is 10.2 Å². The van der Waals surface area contributed by atoms with Crippen molar-refractivity contribution in [2.45, 2.75) is 4.75 Å². The molecule has 0 amide bonds. The van der Waals surface area contributed by atoms with Crippen LogP contribution in [0.25, 0.3) is 0 Å². The number of rotatable bonds is 4. The molecule has 3 aromatic rings. The van der Waals surface area contributed by atoms with Crippen LogP contribution in [-0.4, -0.2) is 23.2 Å². The van der Waals surface area contributed by atoms with Crippen LogP contribution >= 0.6 is 46.4 Å². The SMILES string of the molecule is O=S(=O)(O)C(c1ccc(O)cc1)(c1cccc(Cl)c1)c1cc(Cl)c(Cl)c(O)c1Cl. The molecule has 0 saturated heterocycles. The summed E-state index contributed by atoms with van der Waals surface area (Å²) in [6, 6.07) is 12.0. The summed E-state index contributed by atoms with van der Waals surface area (Å²) in [5, 5.41) is 19.3. The maximum atomic E-state index is 12.9. The largest absolute Gasteiger partial charge is 0.508 e. The average molecular weight is 494 g/mol. The summed E-state index contributed by atoms with van der Waals surface area (Å²) in [7, 11) is -5.02. The Morgan fingerprint density at radius 2 is 1.41 bits per heavy atom. The van der Waals surface area contributed by atoms with E-state index in [1.54, 1.807) is 0 Å². The summed E-state index contributed by atoms with van der Waals surface area (Å²) in [5.74, 6) is -0.781. The van der Waals surface area contributed by atoms with Crippen molar-refractivity contribution >= 4 is 56.5 Å². The fourth-order valence-corrected chi connectivity index (χ4v) is 5.40. The zero-order valence-electron chi connectivity index (χ0n) is 14.3. The van der Waals surface area contributed by atoms with Crippen LogP contribution in [0.3, 0.4) is 0 Å². The Balaban J connectivity index is 2.59. The van der Waals surface area contributed by atoms with Crippen molar-refractivity contribution in [3.63, 3.8) is 0 Å². The third-order valence-electron chi connectivity index (χ3n) is 4.40. The summed E-state index contributed by atoms with van der Waals surface area (Å²) in [6.45, 7) is 0. The summed E-state index contributed by atoms with van der Waals surface area (Å²) >= 11 is 24.4. The Labute approximate surface area is 186 Å². The molecule has 0 bridgehead atoms. The van der Waals surface area contributed by atoms with Crippen molar-refractivity contribution in [1.29, 1.82) is 0 Å². The zero-order valence-corrected chi connectivity index (χ0v) is 18.1. The van der Waals surface area contributed by atoms with Gasteiger partial charge in [-0.05, 0) is 41.5 Å². The Morgan fingerprint density at radius 1 is 0.793 bits per heavy atom. The molecule has 0 heterocycles. The predicted molar refractivity (Wildman–Crippen MR) is 114 cm³/mol. The van der Waals surface area contributed by atoms with Gasteiger partial charge in [0.25, 0.3) is 10.1 Å². The first-order chi connectivity index (χ1) is 13.5. The molecular formula is C19H12Cl4O5S. The van der Waals surface area contributed by atoms with Crippen LogP contribution in [0, 0.1) is 0 Å². The molecule has 0 saturated carbocycles. The summed E-state index contributed by atoms with van der Waals surface area (Å²) in [4.78, 5) is 0. The lowest BCUT2D eigenvalue weighted by Gasteiger charge is -2.33. The molecule has 152 valence electrons. The first kappa shape index (κ1) is 22.0. The number of phenolic OH excluding ortho intramolecular Hbond substituents is 2. The van der Waals surface area contributed by atoms with Crippen LogP contribution in [-0.2, 0) is 14.9 Å². The molecule has 3 N–H and O–H groups in total. The standard InChI is InChI=1S/C19H12Cl4O5S/c20-12-3-1-2-11(8-12)19(29(26,27)28,10-4-6-13(24)7-5-10)14-9-15(21)17(23)18(25)16(14)22/h1-9,24-25H,(H,26,27,28). The molecule has 5 nitrogen and oxygen atoms in total. The van der Waals surface area contributed by atoms with E-state index in [1.807, 2.05) is 0 Å². The lowest BCUT2D eigenvalue weighted by atomic mass is 9.83. The highest BCUT2D eigenvalue weighted by Gasteiger charge is 2.50. The highest BCUT2D eigenvalue weighted by molar-refractivity contribution is 7.87. The minimum Gasteiger partial charge on any atom is -0.508 e. The van der Waals surface area contributed by atoms with Crippen molar-refractivity contribution in [2.24, 2.45) is 0 Å². The monoisotopic (exact) mass is 492 g/mol. The number of benzene rings is 3. The van der Waals surface area contributed by atoms with Gasteiger partial charge in [0.15, 0.2) is 10.5 Å². The molecule has 0 aliphatic rings. The second kappa shape index (κ2) is 7.87. The van der Waals surface area contributed by atoms with Gasteiger partial charge in [-0.15, -0.1) is 0 Å². The number of phenols is 2. The van der Waals surface area contributed by atoms with E-state index >= 15 is 0 Å². The van der Waals surface area contributed by atoms with Gasteiger partial charge in [-0.25, -0.2) is 0 Å². The average Bonchev–Trinajstić information content (AvgIpc) is 2.65. The molecule has 0 spiro atoms. The number of aromatic hydroxyl groups is 2. The fourth-order valence-electron chi connectivity index (χ4n) is 3.16. The molecule has 0 aliphatic carbocycles. The molecule has 10 heteroatoms. The number of hydrogen-bond donors (Lipinski definition) is 3. The predicted octanol–water partition coefficient (Wildman–Crippen LogP) is 5.89. The van der Waals surface area contributed by atoms with E-state index in [0.717, 1.165) is 6.07 Å². The van der Waals surface area contributed by atoms with E-state index in [4.69, 9.17) is 46.4 Å². The fraction of sp³-hybridized carbons (Fsp3) is 0.0526. The van der Waals surface area contributed by atoms with Crippen LogP contribution in [0.2, 0.25) is 20.1 Å². The molecule has 0 aromatic heterocycles. The first-order valence-corrected chi connectivity index (χ1v) is 10.8. The maximum Gasteiger partial charge on any atom is 0.283 e. The lowest BCUT2D eigenvalue weighted by Crippen LogP contribution is -2.38. The Morgan fingerprint density at radius 3 is 1.97 bits per heavy atom. The quantitative estimate of drug-likeness (QED) is 0.239. The van der Waals surface area contributed by atoms with Gasteiger partial charge in [-0.1, -0.05) is 70.7 Å². The Bertz CT molecular complexity index is 1200. The molecule has 29 heavy (non-hydrogen) atoms. The van der Waals surface area contributed by atoms with Crippen LogP contribution in [0.15, 0.2) is 54.6 Å². The van der Waals surface area contributed by atoms with E-state index in [9.17, 15) is 23.2 Å². The molecule has 1 unspecified atom stereocenters. The first-order valence-electron chi connectivity index (χ1n) is 7.89. The molecule has 0 radical (unpaired) electrons. The Kier molecular flexibility index (Phi) is 5.98. The molecule has 0 aliphatic heterocycles. The second-order valence-electron chi connectivity index (χ2n) is 6.10. The van der Waals surface area contributed by atoms with Gasteiger partial charge in [0.1, 0.15) is 10.8 Å². The second-order valence-corrected chi connectivity index (χ2v) is 9.26. The van der Waals surface area contributed by atoms with Crippen LogP contribution in [0.1, 0.15) is 16.7 Å².